The fraction of sp³-hybridized carbons (Fsp3) is 0. The molecule has 0 saturated carbocycles. The summed E-state index contributed by atoms with van der Waals surface area (Å²) in [7, 11) is 0. The number of amidine groups is 1. The fourth-order valence-electron chi connectivity index (χ4n) is 8.21. The van der Waals surface area contributed by atoms with Gasteiger partial charge in [-0.3, -0.25) is 5.41 Å². The third kappa shape index (κ3) is 5.59. The zero-order valence-corrected chi connectivity index (χ0v) is 31.5. The third-order valence-corrected chi connectivity index (χ3v) is 12.1. The lowest BCUT2D eigenvalue weighted by molar-refractivity contribution is 0.668. The number of hydrogen-bond acceptors (Lipinski definition) is 3. The highest BCUT2D eigenvalue weighted by Gasteiger charge is 2.18. The Morgan fingerprint density at radius 2 is 1.21 bits per heavy atom. The number of aromatic nitrogens is 1. The lowest BCUT2D eigenvalue weighted by Crippen LogP contribution is -2.04. The van der Waals surface area contributed by atoms with E-state index in [4.69, 9.17) is 9.41 Å². The number of allylic oxidation sites excluding steroid dienone is 1. The van der Waals surface area contributed by atoms with Gasteiger partial charge in [-0.15, -0.1) is 11.3 Å². The van der Waals surface area contributed by atoms with E-state index in [1.807, 2.05) is 84.2 Å². The summed E-state index contributed by atoms with van der Waals surface area (Å²) in [4.78, 5) is 4.87. The van der Waals surface area contributed by atoms with Crippen LogP contribution >= 0.6 is 11.3 Å². The van der Waals surface area contributed by atoms with Crippen LogP contribution in [0.4, 0.5) is 0 Å². The average Bonchev–Trinajstić information content (AvgIpc) is 3.95. The van der Waals surface area contributed by atoms with Gasteiger partial charge in [-0.2, -0.15) is 0 Å². The van der Waals surface area contributed by atoms with E-state index in [0.717, 1.165) is 38.6 Å². The number of para-hydroxylation sites is 3. The molecule has 4 nitrogen and oxygen atoms in total. The highest BCUT2D eigenvalue weighted by molar-refractivity contribution is 7.26. The Labute approximate surface area is 332 Å². The second-order valence-electron chi connectivity index (χ2n) is 14.3. The van der Waals surface area contributed by atoms with Gasteiger partial charge in [-0.25, -0.2) is 4.99 Å². The van der Waals surface area contributed by atoms with Crippen LogP contribution in [0.3, 0.4) is 0 Å². The minimum atomic E-state index is 0.145. The number of aliphatic imine (C=N–C) groups is 1. The van der Waals surface area contributed by atoms with E-state index in [1.165, 1.54) is 47.7 Å². The molecule has 0 unspecified atom stereocenters. The fourth-order valence-corrected chi connectivity index (χ4v) is 9.46. The molecule has 3 heterocycles. The van der Waals surface area contributed by atoms with Gasteiger partial charge in [-0.05, 0) is 65.2 Å². The second kappa shape index (κ2) is 13.4. The number of fused-ring (bicyclic) bond motifs is 9. The standard InChI is InChI=1S/C52H33N3OS/c53-52(54-44(34-15-5-2-6-16-34)29-25-33-13-3-1-4-14-33)42-21-11-19-40-43-31-35(27-30-48(43)56-50(40)42)36-26-28-39-41-20-12-24-47(51(41)57-49(39)32-36)55-45-22-9-7-17-37(45)38-18-8-10-23-46(38)55/h1-32,53H/b29-25+,53-52?,54-44+. The van der Waals surface area contributed by atoms with Crippen molar-refractivity contribution in [2.75, 3.05) is 0 Å². The van der Waals surface area contributed by atoms with Crippen LogP contribution < -0.4 is 0 Å². The van der Waals surface area contributed by atoms with Gasteiger partial charge >= 0.3 is 0 Å². The average molecular weight is 748 g/mol. The highest BCUT2D eigenvalue weighted by atomic mass is 32.1. The van der Waals surface area contributed by atoms with Crippen molar-refractivity contribution in [3.8, 4) is 16.8 Å². The SMILES string of the molecule is N=C(/N=C(\C=C\c1ccccc1)c1ccccc1)c1cccc2c1oc1ccc(-c3ccc4c(c3)sc3c(-n5c6ccccc6c6ccccc65)cccc34)cc12. The van der Waals surface area contributed by atoms with Gasteiger partial charge in [0.15, 0.2) is 5.84 Å². The van der Waals surface area contributed by atoms with Crippen LogP contribution in [-0.2, 0) is 0 Å². The highest BCUT2D eigenvalue weighted by Crippen LogP contribution is 2.42. The molecule has 0 saturated heterocycles. The molecule has 0 aliphatic heterocycles. The Kier molecular flexibility index (Phi) is 7.79. The summed E-state index contributed by atoms with van der Waals surface area (Å²) in [5.41, 5.74) is 10.7. The molecule has 0 spiro atoms. The molecule has 0 atom stereocenters. The molecular formula is C52H33N3OS. The van der Waals surface area contributed by atoms with Gasteiger partial charge in [-0.1, -0.05) is 146 Å². The smallest absolute Gasteiger partial charge is 0.156 e. The molecule has 8 aromatic carbocycles. The summed E-state index contributed by atoms with van der Waals surface area (Å²) in [6.45, 7) is 0. The number of thiophene rings is 1. The molecule has 1 N–H and O–H groups in total. The Morgan fingerprint density at radius 1 is 0.561 bits per heavy atom. The Morgan fingerprint density at radius 3 is 2.00 bits per heavy atom. The molecule has 5 heteroatoms. The number of hydrogen-bond donors (Lipinski definition) is 1. The molecule has 268 valence electrons. The van der Waals surface area contributed by atoms with Crippen molar-refractivity contribution in [2.24, 2.45) is 4.99 Å². The van der Waals surface area contributed by atoms with Crippen LogP contribution in [0.25, 0.3) is 86.8 Å². The summed E-state index contributed by atoms with van der Waals surface area (Å²) in [6.07, 6.45) is 4.01. The van der Waals surface area contributed by atoms with Crippen molar-refractivity contribution < 1.29 is 4.42 Å². The lowest BCUT2D eigenvalue weighted by atomic mass is 10.0. The molecule has 0 fully saturated rings. The van der Waals surface area contributed by atoms with Crippen molar-refractivity contribution in [2.45, 2.75) is 0 Å². The zero-order valence-electron chi connectivity index (χ0n) is 30.7. The largest absolute Gasteiger partial charge is 0.455 e. The minimum Gasteiger partial charge on any atom is -0.455 e. The van der Waals surface area contributed by atoms with Gasteiger partial charge in [0, 0.05) is 42.6 Å². The molecule has 0 amide bonds. The van der Waals surface area contributed by atoms with E-state index < -0.39 is 0 Å². The summed E-state index contributed by atoms with van der Waals surface area (Å²) in [5, 5.41) is 16.2. The maximum atomic E-state index is 9.21. The van der Waals surface area contributed by atoms with Crippen LogP contribution in [0.1, 0.15) is 16.7 Å². The first-order chi connectivity index (χ1) is 28.2. The third-order valence-electron chi connectivity index (χ3n) is 10.9. The van der Waals surface area contributed by atoms with Gasteiger partial charge in [0.25, 0.3) is 0 Å². The molecule has 0 aliphatic rings. The van der Waals surface area contributed by atoms with Crippen LogP contribution in [0, 0.1) is 5.41 Å². The van der Waals surface area contributed by atoms with Crippen molar-refractivity contribution >= 4 is 92.9 Å². The zero-order chi connectivity index (χ0) is 37.9. The predicted octanol–water partition coefficient (Wildman–Crippen LogP) is 14.2. The second-order valence-corrected chi connectivity index (χ2v) is 15.3. The van der Waals surface area contributed by atoms with E-state index in [9.17, 15) is 5.41 Å². The van der Waals surface area contributed by atoms with Crippen molar-refractivity contribution in [1.82, 2.24) is 4.57 Å². The van der Waals surface area contributed by atoms with Gasteiger partial charge < -0.3 is 8.98 Å². The maximum Gasteiger partial charge on any atom is 0.156 e. The van der Waals surface area contributed by atoms with E-state index >= 15 is 0 Å². The Balaban J connectivity index is 0.986. The van der Waals surface area contributed by atoms with E-state index in [2.05, 4.69) is 126 Å². The van der Waals surface area contributed by atoms with E-state index in [-0.39, 0.29) is 5.84 Å². The van der Waals surface area contributed by atoms with Crippen LogP contribution in [0.2, 0.25) is 0 Å². The number of furan rings is 1. The first-order valence-corrected chi connectivity index (χ1v) is 19.9. The van der Waals surface area contributed by atoms with Crippen LogP contribution in [0.5, 0.6) is 0 Å². The van der Waals surface area contributed by atoms with Crippen molar-refractivity contribution in [1.29, 1.82) is 5.41 Å². The van der Waals surface area contributed by atoms with Gasteiger partial charge in [0.05, 0.1) is 32.7 Å². The maximum absolute atomic E-state index is 9.21. The minimum absolute atomic E-state index is 0.145. The van der Waals surface area contributed by atoms with Gasteiger partial charge in [0.2, 0.25) is 0 Å². The molecule has 0 radical (unpaired) electrons. The predicted molar refractivity (Wildman–Crippen MR) is 242 cm³/mol. The molecule has 3 aromatic heterocycles. The first-order valence-electron chi connectivity index (χ1n) is 19.0. The normalized spacial score (nSPS) is 12.3. The van der Waals surface area contributed by atoms with E-state index in [0.29, 0.717) is 16.9 Å². The molecular weight excluding hydrogens is 715 g/mol. The molecule has 0 bridgehead atoms. The Hall–Kier alpha value is -7.34. The number of nitrogens with one attached hydrogen (secondary N) is 1. The Bertz CT molecular complexity index is 3370. The first kappa shape index (κ1) is 33.0. The summed E-state index contributed by atoms with van der Waals surface area (Å²) < 4.78 is 11.4. The number of rotatable bonds is 6. The monoisotopic (exact) mass is 747 g/mol. The quantitative estimate of drug-likeness (QED) is 0.134. The van der Waals surface area contributed by atoms with Crippen LogP contribution in [-0.4, -0.2) is 16.1 Å². The molecule has 57 heavy (non-hydrogen) atoms. The van der Waals surface area contributed by atoms with Crippen LogP contribution in [0.15, 0.2) is 197 Å². The number of benzene rings is 8. The molecule has 0 aliphatic carbocycles. The van der Waals surface area contributed by atoms with Gasteiger partial charge in [0.1, 0.15) is 11.2 Å². The number of nitrogens with zero attached hydrogens (tertiary/aromatic N) is 2. The van der Waals surface area contributed by atoms with Crippen molar-refractivity contribution in [3.63, 3.8) is 0 Å². The summed E-state index contributed by atoms with van der Waals surface area (Å²) >= 11 is 1.85. The van der Waals surface area contributed by atoms with Crippen molar-refractivity contribution in [3.05, 3.63) is 205 Å². The molecule has 11 aromatic rings. The molecule has 11 rings (SSSR count). The summed E-state index contributed by atoms with van der Waals surface area (Å²) in [5.74, 6) is 0.145. The summed E-state index contributed by atoms with van der Waals surface area (Å²) in [6, 6.07) is 63.4. The topological polar surface area (TPSA) is 54.3 Å². The van der Waals surface area contributed by atoms with E-state index in [1.54, 1.807) is 0 Å². The lowest BCUT2D eigenvalue weighted by Gasteiger charge is -2.09.